The van der Waals surface area contributed by atoms with E-state index < -0.39 is 47.2 Å². The van der Waals surface area contributed by atoms with Gasteiger partial charge in [0.05, 0.1) is 106 Å². The predicted molar refractivity (Wildman–Crippen MR) is 124 cm³/mol. The Balaban J connectivity index is 1.86. The van der Waals surface area contributed by atoms with Crippen LogP contribution in [0, 0.1) is 29.1 Å². The van der Waals surface area contributed by atoms with Crippen molar-refractivity contribution in [2.45, 2.75) is 6.42 Å². The molecule has 15 heteroatoms. The van der Waals surface area contributed by atoms with Crippen molar-refractivity contribution in [3.05, 3.63) is 29.1 Å². The number of hydrogen-bond donors (Lipinski definition) is 0. The number of carbonyl (C=O) groups excluding carboxylic acids is 1. The van der Waals surface area contributed by atoms with Crippen LogP contribution in [-0.2, 0) is 42.7 Å². The molecule has 0 spiro atoms. The third-order valence-corrected chi connectivity index (χ3v) is 4.50. The molecule has 0 unspecified atom stereocenters. The van der Waals surface area contributed by atoms with Gasteiger partial charge in [0.15, 0.2) is 0 Å². The molecule has 0 heterocycles. The summed E-state index contributed by atoms with van der Waals surface area (Å²) in [7, 11) is 1.61. The van der Waals surface area contributed by atoms with Crippen LogP contribution >= 0.6 is 0 Å². The second-order valence-corrected chi connectivity index (χ2v) is 7.40. The highest BCUT2D eigenvalue weighted by Gasteiger charge is 2.28. The number of benzene rings is 1. The maximum atomic E-state index is 13.5. The maximum Gasteiger partial charge on any atom is 0.313 e. The van der Waals surface area contributed by atoms with Gasteiger partial charge in [0.2, 0.25) is 34.8 Å². The summed E-state index contributed by atoms with van der Waals surface area (Å²) in [4.78, 5) is 11.6. The Morgan fingerprint density at radius 3 is 1.08 bits per heavy atom. The van der Waals surface area contributed by atoms with E-state index in [-0.39, 0.29) is 26.4 Å². The third kappa shape index (κ3) is 16.0. The van der Waals surface area contributed by atoms with E-state index in [9.17, 15) is 26.7 Å². The first-order chi connectivity index (χ1) is 18.9. The van der Waals surface area contributed by atoms with E-state index in [0.29, 0.717) is 72.7 Å². The van der Waals surface area contributed by atoms with Crippen molar-refractivity contribution in [1.82, 2.24) is 0 Å². The van der Waals surface area contributed by atoms with Gasteiger partial charge in [-0.1, -0.05) is 0 Å². The molecule has 0 atom stereocenters. The first kappa shape index (κ1) is 35.0. The number of ether oxygens (including phenoxy) is 9. The van der Waals surface area contributed by atoms with Crippen LogP contribution in [0.5, 0.6) is 5.75 Å². The molecule has 1 aromatic rings. The maximum absolute atomic E-state index is 13.5. The summed E-state index contributed by atoms with van der Waals surface area (Å²) in [5, 5.41) is 0. The second kappa shape index (κ2) is 22.8. The highest BCUT2D eigenvalue weighted by Crippen LogP contribution is 2.29. The van der Waals surface area contributed by atoms with Crippen molar-refractivity contribution in [3.63, 3.8) is 0 Å². The normalized spacial score (nSPS) is 11.3. The molecule has 0 amide bonds. The number of hydrogen-bond acceptors (Lipinski definition) is 10. The summed E-state index contributed by atoms with van der Waals surface area (Å²) in [6, 6.07) is 0. The highest BCUT2D eigenvalue weighted by molar-refractivity contribution is 5.72. The number of rotatable bonds is 25. The van der Waals surface area contributed by atoms with Crippen molar-refractivity contribution in [2.24, 2.45) is 0 Å². The average molecular weight is 579 g/mol. The zero-order chi connectivity index (χ0) is 28.7. The van der Waals surface area contributed by atoms with Crippen molar-refractivity contribution in [2.75, 3.05) is 106 Å². The Labute approximate surface area is 223 Å². The zero-order valence-corrected chi connectivity index (χ0v) is 21.8. The fourth-order valence-electron chi connectivity index (χ4n) is 2.56. The lowest BCUT2D eigenvalue weighted by Crippen LogP contribution is -2.16. The lowest BCUT2D eigenvalue weighted by Gasteiger charge is -2.09. The van der Waals surface area contributed by atoms with Crippen LogP contribution in [0.25, 0.3) is 0 Å². The molecule has 0 radical (unpaired) electrons. The second-order valence-electron chi connectivity index (χ2n) is 7.40. The minimum atomic E-state index is -2.34. The molecule has 0 saturated heterocycles. The van der Waals surface area contributed by atoms with Crippen LogP contribution in [0.4, 0.5) is 22.0 Å². The zero-order valence-electron chi connectivity index (χ0n) is 21.8. The van der Waals surface area contributed by atoms with Gasteiger partial charge in [-0.3, -0.25) is 4.79 Å². The summed E-state index contributed by atoms with van der Waals surface area (Å²) < 4.78 is 112. The standard InChI is InChI=1S/C24H35F5O10/c1-31-4-5-33-8-9-35-12-13-37-16-17-38-15-14-36-11-10-34-7-6-32-3-2-18(30)39-24-22(28)20(26)19(25)21(27)23(24)29/h2-17H2,1H3. The molecule has 39 heavy (non-hydrogen) atoms. The molecule has 0 aliphatic heterocycles. The lowest BCUT2D eigenvalue weighted by atomic mass is 10.2. The van der Waals surface area contributed by atoms with Crippen molar-refractivity contribution in [3.8, 4) is 5.75 Å². The van der Waals surface area contributed by atoms with Gasteiger partial charge < -0.3 is 42.6 Å². The van der Waals surface area contributed by atoms with Gasteiger partial charge >= 0.3 is 5.97 Å². The van der Waals surface area contributed by atoms with E-state index in [1.807, 2.05) is 0 Å². The fourth-order valence-corrected chi connectivity index (χ4v) is 2.56. The Morgan fingerprint density at radius 1 is 0.462 bits per heavy atom. The summed E-state index contributed by atoms with van der Waals surface area (Å²) >= 11 is 0. The van der Waals surface area contributed by atoms with Crippen LogP contribution < -0.4 is 4.74 Å². The van der Waals surface area contributed by atoms with Crippen LogP contribution in [0.2, 0.25) is 0 Å². The van der Waals surface area contributed by atoms with Gasteiger partial charge in [0, 0.05) is 7.11 Å². The van der Waals surface area contributed by atoms with Crippen LogP contribution in [-0.4, -0.2) is 112 Å². The van der Waals surface area contributed by atoms with Crippen LogP contribution in [0.15, 0.2) is 0 Å². The van der Waals surface area contributed by atoms with E-state index in [1.165, 1.54) is 0 Å². The molecule has 0 bridgehead atoms. The quantitative estimate of drug-likeness (QED) is 0.0430. The first-order valence-corrected chi connectivity index (χ1v) is 12.1. The molecule has 0 fully saturated rings. The van der Waals surface area contributed by atoms with Crippen LogP contribution in [0.3, 0.4) is 0 Å². The molecule has 0 N–H and O–H groups in total. The monoisotopic (exact) mass is 578 g/mol. The van der Waals surface area contributed by atoms with Crippen molar-refractivity contribution in [1.29, 1.82) is 0 Å². The van der Waals surface area contributed by atoms with Gasteiger partial charge in [-0.15, -0.1) is 0 Å². The largest absolute Gasteiger partial charge is 0.420 e. The van der Waals surface area contributed by atoms with Crippen molar-refractivity contribution < 1.29 is 69.4 Å². The summed E-state index contributed by atoms with van der Waals surface area (Å²) in [6.07, 6.45) is -0.480. The fraction of sp³-hybridized carbons (Fsp3) is 0.708. The van der Waals surface area contributed by atoms with Crippen molar-refractivity contribution >= 4 is 5.97 Å². The number of esters is 1. The van der Waals surface area contributed by atoms with Crippen LogP contribution in [0.1, 0.15) is 6.42 Å². The Morgan fingerprint density at radius 2 is 0.744 bits per heavy atom. The molecular formula is C24H35F5O10. The highest BCUT2D eigenvalue weighted by atomic mass is 19.2. The molecule has 226 valence electrons. The molecule has 10 nitrogen and oxygen atoms in total. The Kier molecular flexibility index (Phi) is 20.5. The smallest absolute Gasteiger partial charge is 0.313 e. The minimum absolute atomic E-state index is 0.0894. The summed E-state index contributed by atoms with van der Waals surface area (Å²) in [5.41, 5.74) is 0. The summed E-state index contributed by atoms with van der Waals surface area (Å²) in [5.74, 6) is -14.1. The lowest BCUT2D eigenvalue weighted by molar-refractivity contribution is -0.136. The SMILES string of the molecule is COCCOCCOCCOCCOCCOCCOCCOCCC(=O)Oc1c(F)c(F)c(F)c(F)c1F. The van der Waals surface area contributed by atoms with Gasteiger partial charge in [-0.2, -0.15) is 8.78 Å². The molecule has 0 aliphatic rings. The summed E-state index contributed by atoms with van der Waals surface area (Å²) in [6.45, 7) is 5.31. The molecule has 1 rings (SSSR count). The molecule has 1 aromatic carbocycles. The first-order valence-electron chi connectivity index (χ1n) is 12.1. The Hall–Kier alpha value is -1.98. The van der Waals surface area contributed by atoms with E-state index in [2.05, 4.69) is 4.74 Å². The van der Waals surface area contributed by atoms with E-state index >= 15 is 0 Å². The van der Waals surface area contributed by atoms with Gasteiger partial charge in [0.25, 0.3) is 0 Å². The number of halogens is 5. The van der Waals surface area contributed by atoms with Gasteiger partial charge in [0.1, 0.15) is 0 Å². The van der Waals surface area contributed by atoms with E-state index in [0.717, 1.165) is 0 Å². The number of carbonyl (C=O) groups is 1. The predicted octanol–water partition coefficient (Wildman–Crippen LogP) is 2.44. The van der Waals surface area contributed by atoms with E-state index in [4.69, 9.17) is 37.9 Å². The number of methoxy groups -OCH3 is 1. The topological polar surface area (TPSA) is 100 Å². The van der Waals surface area contributed by atoms with Gasteiger partial charge in [-0.25, -0.2) is 13.2 Å². The molecule has 0 aromatic heterocycles. The van der Waals surface area contributed by atoms with E-state index in [1.54, 1.807) is 7.11 Å². The minimum Gasteiger partial charge on any atom is -0.420 e. The molecule has 0 aliphatic carbocycles. The average Bonchev–Trinajstić information content (AvgIpc) is 2.93. The Bertz CT molecular complexity index is 774. The molecular weight excluding hydrogens is 543 g/mol. The van der Waals surface area contributed by atoms with Gasteiger partial charge in [-0.05, 0) is 0 Å². The molecule has 0 saturated carbocycles. The third-order valence-electron chi connectivity index (χ3n) is 4.50.